The van der Waals surface area contributed by atoms with Crippen LogP contribution < -0.4 is 0 Å². The highest BCUT2D eigenvalue weighted by Gasteiger charge is 2.09. The highest BCUT2D eigenvalue weighted by Crippen LogP contribution is 2.31. The summed E-state index contributed by atoms with van der Waals surface area (Å²) in [6, 6.07) is 1.84. The topological polar surface area (TPSA) is 46.3 Å². The van der Waals surface area contributed by atoms with E-state index in [4.69, 9.17) is 9.63 Å². The number of aliphatic hydroxyl groups is 1. The molecule has 0 bridgehead atoms. The predicted octanol–water partition coefficient (Wildman–Crippen LogP) is 2.14. The first-order valence-electron chi connectivity index (χ1n) is 2.95. The average Bonchev–Trinajstić information content (AvgIpc) is 2.45. The van der Waals surface area contributed by atoms with E-state index in [1.165, 1.54) is 11.3 Å². The van der Waals surface area contributed by atoms with Gasteiger partial charge in [0.05, 0.1) is 10.4 Å². The Bertz CT molecular complexity index is 381. The maximum absolute atomic E-state index is 8.80. The summed E-state index contributed by atoms with van der Waals surface area (Å²) in [6.07, 6.45) is 0. The first-order valence-corrected chi connectivity index (χ1v) is 4.56. The molecule has 0 spiro atoms. The number of fused-ring (bicyclic) bond motifs is 1. The Morgan fingerprint density at radius 3 is 3.27 bits per heavy atom. The van der Waals surface area contributed by atoms with Gasteiger partial charge in [-0.15, -0.1) is 11.3 Å². The van der Waals surface area contributed by atoms with Crippen molar-refractivity contribution in [1.82, 2.24) is 5.16 Å². The van der Waals surface area contributed by atoms with Crippen LogP contribution in [0.4, 0.5) is 0 Å². The van der Waals surface area contributed by atoms with Crippen LogP contribution in [-0.2, 0) is 6.61 Å². The highest BCUT2D eigenvalue weighted by atomic mass is 79.9. The lowest BCUT2D eigenvalue weighted by atomic mass is 10.4. The summed E-state index contributed by atoms with van der Waals surface area (Å²) in [6.45, 7) is -0.0695. The predicted molar refractivity (Wildman–Crippen MR) is 45.5 cm³/mol. The third-order valence-corrected chi connectivity index (χ3v) is 3.00. The van der Waals surface area contributed by atoms with E-state index in [-0.39, 0.29) is 6.61 Å². The zero-order valence-electron chi connectivity index (χ0n) is 5.37. The third kappa shape index (κ3) is 1.09. The summed E-state index contributed by atoms with van der Waals surface area (Å²) in [5.74, 6) is 0. The number of halogens is 1. The van der Waals surface area contributed by atoms with E-state index in [0.717, 1.165) is 14.1 Å². The van der Waals surface area contributed by atoms with Crippen molar-refractivity contribution in [2.75, 3.05) is 0 Å². The molecule has 0 aliphatic rings. The minimum atomic E-state index is -0.0695. The number of thiophene rings is 1. The molecular formula is C6H4BrNO2S. The molecular weight excluding hydrogens is 230 g/mol. The van der Waals surface area contributed by atoms with Crippen LogP contribution in [0.25, 0.3) is 10.3 Å². The highest BCUT2D eigenvalue weighted by molar-refractivity contribution is 9.11. The zero-order valence-corrected chi connectivity index (χ0v) is 7.78. The summed E-state index contributed by atoms with van der Waals surface area (Å²) in [5, 5.41) is 12.5. The first-order chi connectivity index (χ1) is 5.31. The summed E-state index contributed by atoms with van der Waals surface area (Å²) < 4.78 is 6.84. The summed E-state index contributed by atoms with van der Waals surface area (Å²) in [7, 11) is 0. The fourth-order valence-corrected chi connectivity index (χ4v) is 2.33. The number of aliphatic hydroxyl groups excluding tert-OH is 1. The Morgan fingerprint density at radius 1 is 1.73 bits per heavy atom. The van der Waals surface area contributed by atoms with Gasteiger partial charge in [0.25, 0.3) is 0 Å². The van der Waals surface area contributed by atoms with Gasteiger partial charge in [0.1, 0.15) is 10.4 Å². The molecule has 5 heteroatoms. The Kier molecular flexibility index (Phi) is 1.71. The van der Waals surface area contributed by atoms with E-state index in [1.807, 2.05) is 6.07 Å². The van der Waals surface area contributed by atoms with Crippen LogP contribution in [0.15, 0.2) is 14.4 Å². The molecule has 0 unspecified atom stereocenters. The maximum Gasteiger partial charge on any atom is 0.179 e. The van der Waals surface area contributed by atoms with E-state index >= 15 is 0 Å². The van der Waals surface area contributed by atoms with Crippen molar-refractivity contribution < 1.29 is 9.63 Å². The number of hydrogen-bond donors (Lipinski definition) is 1. The standard InChI is InChI=1S/C6H4BrNO2S/c7-5-1-4-6(11-5)3(2-9)8-10-4/h1,9H,2H2. The van der Waals surface area contributed by atoms with Crippen molar-refractivity contribution in [1.29, 1.82) is 0 Å². The Balaban J connectivity index is 2.73. The van der Waals surface area contributed by atoms with Crippen molar-refractivity contribution in [2.24, 2.45) is 0 Å². The van der Waals surface area contributed by atoms with E-state index < -0.39 is 0 Å². The van der Waals surface area contributed by atoms with Crippen molar-refractivity contribution in [3.8, 4) is 0 Å². The van der Waals surface area contributed by atoms with E-state index in [9.17, 15) is 0 Å². The van der Waals surface area contributed by atoms with Gasteiger partial charge < -0.3 is 9.63 Å². The monoisotopic (exact) mass is 233 g/mol. The first kappa shape index (κ1) is 7.27. The average molecular weight is 234 g/mol. The smallest absolute Gasteiger partial charge is 0.179 e. The molecule has 11 heavy (non-hydrogen) atoms. The summed E-state index contributed by atoms with van der Waals surface area (Å²) >= 11 is 4.83. The number of hydrogen-bond acceptors (Lipinski definition) is 4. The third-order valence-electron chi connectivity index (χ3n) is 1.33. The number of nitrogens with zero attached hydrogens (tertiary/aromatic N) is 1. The van der Waals surface area contributed by atoms with Crippen molar-refractivity contribution in [3.05, 3.63) is 15.5 Å². The quantitative estimate of drug-likeness (QED) is 0.822. The molecule has 58 valence electrons. The lowest BCUT2D eigenvalue weighted by molar-refractivity contribution is 0.269. The number of rotatable bonds is 1. The van der Waals surface area contributed by atoms with Crippen LogP contribution in [0.1, 0.15) is 5.69 Å². The molecule has 0 saturated carbocycles. The minimum absolute atomic E-state index is 0.0695. The summed E-state index contributed by atoms with van der Waals surface area (Å²) in [5.41, 5.74) is 1.33. The van der Waals surface area contributed by atoms with Gasteiger partial charge in [-0.3, -0.25) is 0 Å². The molecule has 2 aromatic rings. The van der Waals surface area contributed by atoms with E-state index in [0.29, 0.717) is 5.69 Å². The van der Waals surface area contributed by atoms with Crippen molar-refractivity contribution >= 4 is 37.5 Å². The van der Waals surface area contributed by atoms with Gasteiger partial charge in [0, 0.05) is 6.07 Å². The Labute approximate surface area is 74.7 Å². The molecule has 0 fully saturated rings. The van der Waals surface area contributed by atoms with Crippen molar-refractivity contribution in [3.63, 3.8) is 0 Å². The molecule has 3 nitrogen and oxygen atoms in total. The molecule has 0 saturated heterocycles. The molecule has 2 rings (SSSR count). The molecule has 0 aromatic carbocycles. The van der Waals surface area contributed by atoms with E-state index in [2.05, 4.69) is 21.1 Å². The fourth-order valence-electron chi connectivity index (χ4n) is 0.861. The van der Waals surface area contributed by atoms with Crippen LogP contribution in [0.2, 0.25) is 0 Å². The molecule has 0 amide bonds. The fraction of sp³-hybridized carbons (Fsp3) is 0.167. The van der Waals surface area contributed by atoms with Gasteiger partial charge in [-0.2, -0.15) is 0 Å². The van der Waals surface area contributed by atoms with Gasteiger partial charge in [-0.1, -0.05) is 5.16 Å². The van der Waals surface area contributed by atoms with Gasteiger partial charge >= 0.3 is 0 Å². The van der Waals surface area contributed by atoms with Crippen LogP contribution in [0, 0.1) is 0 Å². The van der Waals surface area contributed by atoms with Crippen LogP contribution >= 0.6 is 27.3 Å². The zero-order chi connectivity index (χ0) is 7.84. The molecule has 0 aliphatic carbocycles. The van der Waals surface area contributed by atoms with Gasteiger partial charge in [-0.25, -0.2) is 0 Å². The van der Waals surface area contributed by atoms with E-state index in [1.54, 1.807) is 0 Å². The SMILES string of the molecule is OCc1noc2cc(Br)sc12. The molecule has 2 aromatic heterocycles. The second-order valence-corrected chi connectivity index (χ2v) is 4.46. The maximum atomic E-state index is 8.80. The van der Waals surface area contributed by atoms with Crippen molar-refractivity contribution in [2.45, 2.75) is 6.61 Å². The second kappa shape index (κ2) is 2.58. The largest absolute Gasteiger partial charge is 0.390 e. The van der Waals surface area contributed by atoms with Crippen LogP contribution in [-0.4, -0.2) is 10.3 Å². The molecule has 2 heterocycles. The molecule has 0 radical (unpaired) electrons. The second-order valence-electron chi connectivity index (χ2n) is 2.03. The normalized spacial score (nSPS) is 11.1. The summed E-state index contributed by atoms with van der Waals surface area (Å²) in [4.78, 5) is 0. The van der Waals surface area contributed by atoms with Gasteiger partial charge in [0.15, 0.2) is 5.58 Å². The molecule has 0 aliphatic heterocycles. The van der Waals surface area contributed by atoms with Gasteiger partial charge in [-0.05, 0) is 15.9 Å². The molecule has 1 N–H and O–H groups in total. The van der Waals surface area contributed by atoms with Crippen LogP contribution in [0.5, 0.6) is 0 Å². The van der Waals surface area contributed by atoms with Crippen LogP contribution in [0.3, 0.4) is 0 Å². The lowest BCUT2D eigenvalue weighted by Gasteiger charge is -1.80. The molecule has 0 atom stereocenters. The Morgan fingerprint density at radius 2 is 2.55 bits per heavy atom. The Hall–Kier alpha value is -0.390. The van der Waals surface area contributed by atoms with Gasteiger partial charge in [0.2, 0.25) is 0 Å². The minimum Gasteiger partial charge on any atom is -0.390 e. The number of aromatic nitrogens is 1. The lowest BCUT2D eigenvalue weighted by Crippen LogP contribution is -1.79.